The molecule has 0 amide bonds. The van der Waals surface area contributed by atoms with Gasteiger partial charge in [0.2, 0.25) is 0 Å². The summed E-state index contributed by atoms with van der Waals surface area (Å²) in [5, 5.41) is 14.7. The first-order valence-corrected chi connectivity index (χ1v) is 14.1. The van der Waals surface area contributed by atoms with Crippen LogP contribution < -0.4 is 4.74 Å². The fraction of sp³-hybridized carbons (Fsp3) is 0.147. The van der Waals surface area contributed by atoms with Crippen molar-refractivity contribution in [2.24, 2.45) is 0 Å². The first-order valence-electron chi connectivity index (χ1n) is 14.1. The van der Waals surface area contributed by atoms with Gasteiger partial charge in [0.25, 0.3) is 5.92 Å². The predicted octanol–water partition coefficient (Wildman–Crippen LogP) is 6.15. The number of ether oxygens (including phenoxy) is 1. The van der Waals surface area contributed by atoms with Crippen LogP contribution in [-0.2, 0) is 25.6 Å². The molecule has 0 saturated heterocycles. The minimum Gasteiger partial charge on any atom is -0.489 e. The highest BCUT2D eigenvalue weighted by Crippen LogP contribution is 2.43. The monoisotopic (exact) mass is 623 g/mol. The molecular weight excluding hydrogens is 598 g/mol. The third kappa shape index (κ3) is 7.27. The van der Waals surface area contributed by atoms with Gasteiger partial charge in [-0.25, -0.2) is 13.5 Å². The highest BCUT2D eigenvalue weighted by atomic mass is 19.3. The summed E-state index contributed by atoms with van der Waals surface area (Å²) in [5.74, 6) is -0.836. The molecule has 0 radical (unpaired) electrons. The average Bonchev–Trinajstić information content (AvgIpc) is 3.78. The Hall–Kier alpha value is -5.83. The molecule has 3 heterocycles. The van der Waals surface area contributed by atoms with Gasteiger partial charge in [0, 0.05) is 35.8 Å². The maximum atomic E-state index is 15.8. The second-order valence-corrected chi connectivity index (χ2v) is 10.4. The molecule has 0 N–H and O–H groups in total. The van der Waals surface area contributed by atoms with Gasteiger partial charge in [-0.05, 0) is 75.6 Å². The molecule has 6 aromatic rings. The number of halogens is 4. The fourth-order valence-corrected chi connectivity index (χ4v) is 4.75. The molecule has 0 saturated carbocycles. The summed E-state index contributed by atoms with van der Waals surface area (Å²) in [7, 11) is 0. The molecule has 0 aliphatic heterocycles. The maximum absolute atomic E-state index is 15.8. The highest BCUT2D eigenvalue weighted by Gasteiger charge is 2.45. The van der Waals surface area contributed by atoms with Gasteiger partial charge in [-0.2, -0.15) is 13.9 Å². The second kappa shape index (κ2) is 13.4. The van der Waals surface area contributed by atoms with Gasteiger partial charge in [-0.3, -0.25) is 9.67 Å². The number of nitrogens with zero attached hydrogens (tertiary/aromatic N) is 7. The molecule has 0 fully saturated rings. The minimum absolute atomic E-state index is 0.390. The van der Waals surface area contributed by atoms with Crippen molar-refractivity contribution in [1.82, 2.24) is 35.0 Å². The van der Waals surface area contributed by atoms with Crippen molar-refractivity contribution in [2.75, 3.05) is 0 Å². The van der Waals surface area contributed by atoms with Crippen LogP contribution in [0.2, 0.25) is 0 Å². The van der Waals surface area contributed by atoms with Crippen LogP contribution in [0.3, 0.4) is 0 Å². The van der Waals surface area contributed by atoms with Crippen molar-refractivity contribution < 1.29 is 22.3 Å². The Bertz CT molecular complexity index is 1930. The Morgan fingerprint density at radius 3 is 2.28 bits per heavy atom. The van der Waals surface area contributed by atoms with E-state index in [2.05, 4.69) is 37.4 Å². The standard InChI is InChI=1S/C34H25F4N7O/c35-28-11-14-30(32(36)18-28)31(21-45-23-40-42-43-45)34(37,38)33-15-10-25(19-39-33)3-2-24-8-12-29(13-9-24)46-22-27-6-4-26(5-7-27)20-44-17-1-16-41-44/h1,4-19,23,31H,20-22H2. The van der Waals surface area contributed by atoms with Crippen molar-refractivity contribution in [3.63, 3.8) is 0 Å². The number of alkyl halides is 2. The molecule has 1 atom stereocenters. The SMILES string of the molecule is Fc1ccc(C(Cn2cnnn2)C(F)(F)c2ccc(C#Cc3ccc(OCc4ccc(Cn5cccn5)cc4)cc3)cn2)c(F)c1. The number of rotatable bonds is 10. The summed E-state index contributed by atoms with van der Waals surface area (Å²) in [6.07, 6.45) is 6.03. The minimum atomic E-state index is -3.66. The summed E-state index contributed by atoms with van der Waals surface area (Å²) in [4.78, 5) is 3.94. The van der Waals surface area contributed by atoms with Crippen molar-refractivity contribution in [1.29, 1.82) is 0 Å². The van der Waals surface area contributed by atoms with Gasteiger partial charge in [-0.1, -0.05) is 42.2 Å². The maximum Gasteiger partial charge on any atom is 0.298 e. The van der Waals surface area contributed by atoms with Crippen LogP contribution in [0, 0.1) is 23.5 Å². The van der Waals surface area contributed by atoms with Crippen molar-refractivity contribution in [2.45, 2.75) is 31.5 Å². The van der Waals surface area contributed by atoms with Gasteiger partial charge < -0.3 is 4.74 Å². The van der Waals surface area contributed by atoms with Crippen LogP contribution in [-0.4, -0.2) is 35.0 Å². The summed E-state index contributed by atoms with van der Waals surface area (Å²) in [5.41, 5.74) is 2.27. The Labute approximate surface area is 261 Å². The predicted molar refractivity (Wildman–Crippen MR) is 160 cm³/mol. The average molecular weight is 624 g/mol. The molecule has 230 valence electrons. The van der Waals surface area contributed by atoms with Crippen molar-refractivity contribution in [3.8, 4) is 17.6 Å². The summed E-state index contributed by atoms with van der Waals surface area (Å²) in [6.45, 7) is 0.635. The van der Waals surface area contributed by atoms with E-state index in [-0.39, 0.29) is 5.56 Å². The van der Waals surface area contributed by atoms with Gasteiger partial charge in [0.1, 0.15) is 36.0 Å². The lowest BCUT2D eigenvalue weighted by Crippen LogP contribution is -2.30. The third-order valence-electron chi connectivity index (χ3n) is 7.18. The van der Waals surface area contributed by atoms with E-state index in [9.17, 15) is 8.78 Å². The highest BCUT2D eigenvalue weighted by molar-refractivity contribution is 5.44. The number of hydrogen-bond acceptors (Lipinski definition) is 6. The number of aromatic nitrogens is 7. The molecule has 1 unspecified atom stereocenters. The largest absolute Gasteiger partial charge is 0.489 e. The number of tetrazole rings is 1. The lowest BCUT2D eigenvalue weighted by atomic mass is 9.89. The van der Waals surface area contributed by atoms with Gasteiger partial charge >= 0.3 is 0 Å². The van der Waals surface area contributed by atoms with Crippen molar-refractivity contribution >= 4 is 0 Å². The van der Waals surface area contributed by atoms with E-state index in [1.807, 2.05) is 41.2 Å². The number of benzene rings is 3. The second-order valence-electron chi connectivity index (χ2n) is 10.4. The van der Waals surface area contributed by atoms with Crippen molar-refractivity contribution in [3.05, 3.63) is 155 Å². The number of pyridine rings is 1. The molecule has 46 heavy (non-hydrogen) atoms. The lowest BCUT2D eigenvalue weighted by molar-refractivity contribution is -0.0455. The van der Waals surface area contributed by atoms with Crippen LogP contribution in [0.4, 0.5) is 17.6 Å². The molecule has 8 nitrogen and oxygen atoms in total. The smallest absolute Gasteiger partial charge is 0.298 e. The van der Waals surface area contributed by atoms with Crippen LogP contribution in [0.25, 0.3) is 0 Å². The van der Waals surface area contributed by atoms with E-state index >= 15 is 8.78 Å². The zero-order valence-electron chi connectivity index (χ0n) is 24.1. The Morgan fingerprint density at radius 2 is 1.61 bits per heavy atom. The molecule has 6 rings (SSSR count). The van der Waals surface area contributed by atoms with E-state index in [1.165, 1.54) is 12.3 Å². The topological polar surface area (TPSA) is 83.5 Å². The summed E-state index contributed by atoms with van der Waals surface area (Å²) < 4.78 is 68.6. The first-order chi connectivity index (χ1) is 22.3. The Balaban J connectivity index is 1.09. The van der Waals surface area contributed by atoms with E-state index in [0.29, 0.717) is 36.1 Å². The quantitative estimate of drug-likeness (QED) is 0.135. The lowest BCUT2D eigenvalue weighted by Gasteiger charge is -2.27. The molecule has 12 heteroatoms. The molecule has 0 aliphatic rings. The van der Waals surface area contributed by atoms with Crippen LogP contribution in [0.1, 0.15) is 39.4 Å². The zero-order valence-corrected chi connectivity index (χ0v) is 24.1. The summed E-state index contributed by atoms with van der Waals surface area (Å²) >= 11 is 0. The molecule has 0 bridgehead atoms. The molecule has 0 spiro atoms. The third-order valence-corrected chi connectivity index (χ3v) is 7.18. The van der Waals surface area contributed by atoms with Gasteiger partial charge in [0.05, 0.1) is 19.0 Å². The molecule has 0 aliphatic carbocycles. The van der Waals surface area contributed by atoms with E-state index in [0.717, 1.165) is 40.3 Å². The van der Waals surface area contributed by atoms with Gasteiger partial charge in [-0.15, -0.1) is 5.10 Å². The Kier molecular flexibility index (Phi) is 8.82. The van der Waals surface area contributed by atoms with Crippen LogP contribution >= 0.6 is 0 Å². The molecule has 3 aromatic carbocycles. The summed E-state index contributed by atoms with van der Waals surface area (Å²) in [6, 6.07) is 22.2. The fourth-order valence-electron chi connectivity index (χ4n) is 4.75. The molecule has 3 aromatic heterocycles. The first kappa shape index (κ1) is 30.2. The van der Waals surface area contributed by atoms with Crippen LogP contribution in [0.15, 0.2) is 110 Å². The number of hydrogen-bond donors (Lipinski definition) is 0. The van der Waals surface area contributed by atoms with E-state index < -0.39 is 35.7 Å². The van der Waals surface area contributed by atoms with Crippen LogP contribution in [0.5, 0.6) is 5.75 Å². The van der Waals surface area contributed by atoms with E-state index in [4.69, 9.17) is 4.74 Å². The molecular formula is C34H25F4N7O. The van der Waals surface area contributed by atoms with E-state index in [1.54, 1.807) is 30.5 Å². The normalized spacial score (nSPS) is 11.9. The Morgan fingerprint density at radius 1 is 0.848 bits per heavy atom. The van der Waals surface area contributed by atoms with Gasteiger partial charge in [0.15, 0.2) is 0 Å². The zero-order chi connectivity index (χ0) is 31.9.